The first-order valence-electron chi connectivity index (χ1n) is 7.46. The van der Waals surface area contributed by atoms with Crippen LogP contribution in [0.3, 0.4) is 0 Å². The van der Waals surface area contributed by atoms with E-state index in [1.165, 1.54) is 30.2 Å². The van der Waals surface area contributed by atoms with Gasteiger partial charge in [0, 0.05) is 0 Å². The summed E-state index contributed by atoms with van der Waals surface area (Å²) in [6.07, 6.45) is 1.46. The van der Waals surface area contributed by atoms with E-state index in [4.69, 9.17) is 4.42 Å². The third-order valence-electron chi connectivity index (χ3n) is 3.41. The molecular weight excluding hydrogens is 343 g/mol. The molecule has 4 rings (SSSR count). The summed E-state index contributed by atoms with van der Waals surface area (Å²) >= 11 is 1.49. The van der Waals surface area contributed by atoms with E-state index in [1.807, 2.05) is 12.1 Å². The van der Waals surface area contributed by atoms with Gasteiger partial charge in [0.1, 0.15) is 23.7 Å². The molecular formula is C16H13FN6OS. The molecule has 0 saturated carbocycles. The van der Waals surface area contributed by atoms with Crippen LogP contribution in [0.1, 0.15) is 11.6 Å². The first-order chi connectivity index (χ1) is 12.2. The first kappa shape index (κ1) is 15.6. The molecule has 0 spiro atoms. The largest absolute Gasteiger partial charge is 0.457 e. The van der Waals surface area contributed by atoms with Crippen molar-refractivity contribution >= 4 is 11.8 Å². The summed E-state index contributed by atoms with van der Waals surface area (Å²) in [6, 6.07) is 9.81. The number of nitrogens with zero attached hydrogens (tertiary/aromatic N) is 5. The van der Waals surface area contributed by atoms with Gasteiger partial charge in [-0.25, -0.2) is 19.0 Å². The second kappa shape index (κ2) is 6.52. The zero-order chi connectivity index (χ0) is 17.2. The van der Waals surface area contributed by atoms with Gasteiger partial charge in [0.15, 0.2) is 16.7 Å². The number of aromatic amines is 1. The van der Waals surface area contributed by atoms with Gasteiger partial charge < -0.3 is 4.42 Å². The number of furan rings is 1. The summed E-state index contributed by atoms with van der Waals surface area (Å²) in [7, 11) is 0. The number of hydrogen-bond acceptors (Lipinski definition) is 6. The van der Waals surface area contributed by atoms with E-state index < -0.39 is 0 Å². The van der Waals surface area contributed by atoms with Crippen molar-refractivity contribution in [2.45, 2.75) is 17.8 Å². The summed E-state index contributed by atoms with van der Waals surface area (Å²) < 4.78 is 20.7. The third-order valence-corrected chi connectivity index (χ3v) is 4.31. The Balaban J connectivity index is 1.61. The van der Waals surface area contributed by atoms with Crippen molar-refractivity contribution in [2.75, 3.05) is 0 Å². The third kappa shape index (κ3) is 3.31. The van der Waals surface area contributed by atoms with Gasteiger partial charge in [0.05, 0.1) is 11.4 Å². The molecule has 0 saturated heterocycles. The van der Waals surface area contributed by atoms with Gasteiger partial charge in [0.25, 0.3) is 0 Å². The number of aryl methyl sites for hydroxylation is 1. The van der Waals surface area contributed by atoms with E-state index in [-0.39, 0.29) is 5.82 Å². The minimum atomic E-state index is -0.299. The zero-order valence-electron chi connectivity index (χ0n) is 13.2. The van der Waals surface area contributed by atoms with E-state index in [0.717, 1.165) is 10.9 Å². The van der Waals surface area contributed by atoms with E-state index in [9.17, 15) is 4.39 Å². The highest BCUT2D eigenvalue weighted by atomic mass is 32.2. The number of H-pyrrole nitrogens is 1. The lowest BCUT2D eigenvalue weighted by atomic mass is 10.3. The van der Waals surface area contributed by atoms with Crippen molar-refractivity contribution in [1.82, 2.24) is 29.9 Å². The summed E-state index contributed by atoms with van der Waals surface area (Å²) in [6.45, 7) is 1.80. The predicted molar refractivity (Wildman–Crippen MR) is 89.7 cm³/mol. The van der Waals surface area contributed by atoms with Crippen LogP contribution >= 0.6 is 11.8 Å². The number of nitrogens with one attached hydrogen (secondary N) is 1. The molecule has 1 aromatic carbocycles. The molecule has 0 unspecified atom stereocenters. The average Bonchev–Trinajstić information content (AvgIpc) is 3.34. The molecule has 126 valence electrons. The number of thioether (sulfide) groups is 1. The zero-order valence-corrected chi connectivity index (χ0v) is 14.0. The second-order valence-corrected chi connectivity index (χ2v) is 6.18. The molecule has 1 N–H and O–H groups in total. The van der Waals surface area contributed by atoms with Crippen LogP contribution in [0.4, 0.5) is 4.39 Å². The number of rotatable bonds is 5. The highest BCUT2D eigenvalue weighted by molar-refractivity contribution is 7.98. The van der Waals surface area contributed by atoms with Gasteiger partial charge in [-0.15, -0.1) is 0 Å². The van der Waals surface area contributed by atoms with Crippen molar-refractivity contribution in [1.29, 1.82) is 0 Å². The molecule has 0 radical (unpaired) electrons. The van der Waals surface area contributed by atoms with Gasteiger partial charge in [-0.3, -0.25) is 5.10 Å². The fourth-order valence-electron chi connectivity index (χ4n) is 2.32. The van der Waals surface area contributed by atoms with Crippen LogP contribution in [0.25, 0.3) is 17.3 Å². The summed E-state index contributed by atoms with van der Waals surface area (Å²) in [4.78, 5) is 8.49. The summed E-state index contributed by atoms with van der Waals surface area (Å²) in [5, 5.41) is 11.7. The smallest absolute Gasteiger partial charge is 0.199 e. The number of halogens is 1. The van der Waals surface area contributed by atoms with Gasteiger partial charge in [-0.2, -0.15) is 10.2 Å². The van der Waals surface area contributed by atoms with Crippen molar-refractivity contribution in [2.24, 2.45) is 0 Å². The van der Waals surface area contributed by atoms with Crippen molar-refractivity contribution < 1.29 is 8.81 Å². The Kier molecular flexibility index (Phi) is 4.06. The number of aromatic nitrogens is 6. The molecule has 9 heteroatoms. The maximum Gasteiger partial charge on any atom is 0.199 e. The molecule has 0 atom stereocenters. The van der Waals surface area contributed by atoms with Crippen LogP contribution in [0, 0.1) is 12.7 Å². The molecule has 25 heavy (non-hydrogen) atoms. The molecule has 3 aromatic heterocycles. The van der Waals surface area contributed by atoms with Gasteiger partial charge in [0.2, 0.25) is 0 Å². The first-order valence-corrected chi connectivity index (χ1v) is 8.44. The van der Waals surface area contributed by atoms with Crippen LogP contribution in [0.2, 0.25) is 0 Å². The molecule has 0 fully saturated rings. The van der Waals surface area contributed by atoms with E-state index >= 15 is 0 Å². The Labute approximate surface area is 146 Å². The summed E-state index contributed by atoms with van der Waals surface area (Å²) in [5.74, 6) is 2.86. The highest BCUT2D eigenvalue weighted by Gasteiger charge is 2.16. The van der Waals surface area contributed by atoms with Crippen LogP contribution in [-0.4, -0.2) is 29.9 Å². The lowest BCUT2D eigenvalue weighted by molar-refractivity contribution is 0.538. The Morgan fingerprint density at radius 1 is 1.20 bits per heavy atom. The van der Waals surface area contributed by atoms with Gasteiger partial charge in [-0.1, -0.05) is 11.8 Å². The molecule has 0 bridgehead atoms. The standard InChI is InChI=1S/C16H13FN6OS/c1-10-20-15(23(22-10)12-4-2-11(17)3-5-12)14-7-6-13(24-14)8-25-16-18-9-19-21-16/h2-7,9H,8H2,1H3,(H,18,19,21). The Morgan fingerprint density at radius 3 is 2.80 bits per heavy atom. The van der Waals surface area contributed by atoms with Crippen molar-refractivity contribution in [3.8, 4) is 17.3 Å². The van der Waals surface area contributed by atoms with Gasteiger partial charge >= 0.3 is 0 Å². The van der Waals surface area contributed by atoms with E-state index in [1.54, 1.807) is 23.7 Å². The SMILES string of the molecule is Cc1nc(-c2ccc(CSc3ncn[nH]3)o2)n(-c2ccc(F)cc2)n1. The van der Waals surface area contributed by atoms with Crippen LogP contribution in [0.15, 0.2) is 52.3 Å². The second-order valence-electron chi connectivity index (χ2n) is 5.22. The molecule has 0 aliphatic carbocycles. The van der Waals surface area contributed by atoms with Crippen LogP contribution in [0.5, 0.6) is 0 Å². The topological polar surface area (TPSA) is 85.4 Å². The fourth-order valence-corrected chi connectivity index (χ4v) is 2.99. The highest BCUT2D eigenvalue weighted by Crippen LogP contribution is 2.26. The van der Waals surface area contributed by atoms with Crippen LogP contribution < -0.4 is 0 Å². The number of hydrogen-bond donors (Lipinski definition) is 1. The Hall–Kier alpha value is -2.94. The maximum atomic E-state index is 13.2. The minimum Gasteiger partial charge on any atom is -0.457 e. The number of benzene rings is 1. The maximum absolute atomic E-state index is 13.2. The van der Waals surface area contributed by atoms with E-state index in [2.05, 4.69) is 25.3 Å². The minimum absolute atomic E-state index is 0.299. The normalized spacial score (nSPS) is 11.1. The monoisotopic (exact) mass is 356 g/mol. The molecule has 7 nitrogen and oxygen atoms in total. The lowest BCUT2D eigenvalue weighted by Gasteiger charge is -2.03. The quantitative estimate of drug-likeness (QED) is 0.552. The average molecular weight is 356 g/mol. The fraction of sp³-hybridized carbons (Fsp3) is 0.125. The van der Waals surface area contributed by atoms with E-state index in [0.29, 0.717) is 28.8 Å². The molecule has 0 aliphatic rings. The summed E-state index contributed by atoms with van der Waals surface area (Å²) in [5.41, 5.74) is 0.714. The van der Waals surface area contributed by atoms with Crippen LogP contribution in [-0.2, 0) is 5.75 Å². The Morgan fingerprint density at radius 2 is 2.04 bits per heavy atom. The molecule has 0 amide bonds. The van der Waals surface area contributed by atoms with Gasteiger partial charge in [-0.05, 0) is 43.3 Å². The molecule has 3 heterocycles. The Bertz CT molecular complexity index is 977. The van der Waals surface area contributed by atoms with Crippen molar-refractivity contribution in [3.63, 3.8) is 0 Å². The molecule has 0 aliphatic heterocycles. The van der Waals surface area contributed by atoms with Crippen molar-refractivity contribution in [3.05, 3.63) is 60.1 Å². The predicted octanol–water partition coefficient (Wildman–Crippen LogP) is 3.39. The lowest BCUT2D eigenvalue weighted by Crippen LogP contribution is -1.99. The molecule has 4 aromatic rings.